The topological polar surface area (TPSA) is 64.4 Å². The number of hydrogen-bond donors (Lipinski definition) is 2. The monoisotopic (exact) mass is 199 g/mol. The molecule has 0 spiro atoms. The fraction of sp³-hybridized carbons (Fsp3) is 0.222. The molecule has 0 aliphatic heterocycles. The zero-order chi connectivity index (χ0) is 10.7. The summed E-state index contributed by atoms with van der Waals surface area (Å²) in [5.74, 6) is -1.89. The van der Waals surface area contributed by atoms with Crippen LogP contribution in [0.25, 0.3) is 0 Å². The van der Waals surface area contributed by atoms with Crippen molar-refractivity contribution in [3.8, 4) is 0 Å². The number of nitrogens with two attached hydrogens (primary N) is 2. The van der Waals surface area contributed by atoms with Crippen LogP contribution in [0.5, 0.6) is 0 Å². The van der Waals surface area contributed by atoms with Crippen molar-refractivity contribution < 1.29 is 8.78 Å². The lowest BCUT2D eigenvalue weighted by Gasteiger charge is -2.03. The quantitative estimate of drug-likeness (QED) is 0.552. The van der Waals surface area contributed by atoms with E-state index in [0.29, 0.717) is 0 Å². The second-order valence-electron chi connectivity index (χ2n) is 2.91. The molecule has 0 aliphatic rings. The Labute approximate surface area is 80.4 Å². The second kappa shape index (κ2) is 4.04. The summed E-state index contributed by atoms with van der Waals surface area (Å²) in [5, 5.41) is 0. The first kappa shape index (κ1) is 10.4. The molecule has 1 rings (SSSR count). The summed E-state index contributed by atoms with van der Waals surface area (Å²) < 4.78 is 26.2. The van der Waals surface area contributed by atoms with Crippen LogP contribution in [0.3, 0.4) is 0 Å². The first-order chi connectivity index (χ1) is 6.52. The molecule has 0 atom stereocenters. The lowest BCUT2D eigenvalue weighted by Crippen LogP contribution is -2.22. The molecule has 3 nitrogen and oxygen atoms in total. The molecular weight excluding hydrogens is 188 g/mol. The van der Waals surface area contributed by atoms with Crippen molar-refractivity contribution >= 4 is 5.96 Å². The van der Waals surface area contributed by atoms with Gasteiger partial charge >= 0.3 is 0 Å². The maximum atomic E-state index is 13.2. The van der Waals surface area contributed by atoms with E-state index in [4.69, 9.17) is 11.5 Å². The van der Waals surface area contributed by atoms with E-state index < -0.39 is 11.6 Å². The minimum Gasteiger partial charge on any atom is -0.370 e. The van der Waals surface area contributed by atoms with Crippen LogP contribution < -0.4 is 11.5 Å². The minimum absolute atomic E-state index is 0.0502. The number of benzene rings is 1. The Balaban J connectivity index is 3.00. The van der Waals surface area contributed by atoms with E-state index >= 15 is 0 Å². The molecule has 14 heavy (non-hydrogen) atoms. The van der Waals surface area contributed by atoms with Gasteiger partial charge in [-0.1, -0.05) is 12.1 Å². The normalized spacial score (nSPS) is 9.93. The van der Waals surface area contributed by atoms with Crippen LogP contribution >= 0.6 is 0 Å². The highest BCUT2D eigenvalue weighted by atomic mass is 19.2. The van der Waals surface area contributed by atoms with Gasteiger partial charge in [0.05, 0.1) is 6.54 Å². The summed E-state index contributed by atoms with van der Waals surface area (Å²) in [6.07, 6.45) is 0. The van der Waals surface area contributed by atoms with Gasteiger partial charge in [-0.25, -0.2) is 13.8 Å². The van der Waals surface area contributed by atoms with E-state index in [2.05, 4.69) is 4.99 Å². The first-order valence-electron chi connectivity index (χ1n) is 4.01. The highest BCUT2D eigenvalue weighted by Gasteiger charge is 2.09. The Morgan fingerprint density at radius 3 is 2.50 bits per heavy atom. The number of aryl methyl sites for hydroxylation is 1. The summed E-state index contributed by atoms with van der Waals surface area (Å²) >= 11 is 0. The van der Waals surface area contributed by atoms with Crippen LogP contribution in [0.1, 0.15) is 11.1 Å². The number of halogens is 2. The molecule has 76 valence electrons. The first-order valence-corrected chi connectivity index (χ1v) is 4.01. The summed E-state index contributed by atoms with van der Waals surface area (Å²) in [4.78, 5) is 3.59. The Morgan fingerprint density at radius 1 is 1.29 bits per heavy atom. The number of guanidine groups is 1. The summed E-state index contributed by atoms with van der Waals surface area (Å²) in [6.45, 7) is 1.44. The zero-order valence-electron chi connectivity index (χ0n) is 7.72. The summed E-state index contributed by atoms with van der Waals surface area (Å²) in [6, 6.07) is 2.94. The highest BCUT2D eigenvalue weighted by Crippen LogP contribution is 2.16. The van der Waals surface area contributed by atoms with E-state index in [9.17, 15) is 8.78 Å². The van der Waals surface area contributed by atoms with Crippen molar-refractivity contribution in [2.75, 3.05) is 0 Å². The van der Waals surface area contributed by atoms with Crippen molar-refractivity contribution in [3.05, 3.63) is 34.9 Å². The standard InChI is InChI=1S/C9H11F2N3/c1-5-2-3-6(4-14-9(12)13)8(11)7(5)10/h2-3H,4H2,1H3,(H4,12,13,14). The van der Waals surface area contributed by atoms with Gasteiger partial charge in [0.15, 0.2) is 17.6 Å². The van der Waals surface area contributed by atoms with E-state index in [1.165, 1.54) is 19.1 Å². The van der Waals surface area contributed by atoms with Crippen LogP contribution in [0, 0.1) is 18.6 Å². The summed E-state index contributed by atoms with van der Waals surface area (Å²) in [7, 11) is 0. The van der Waals surface area contributed by atoms with E-state index in [1.807, 2.05) is 0 Å². The average molecular weight is 199 g/mol. The maximum Gasteiger partial charge on any atom is 0.186 e. The smallest absolute Gasteiger partial charge is 0.186 e. The van der Waals surface area contributed by atoms with Gasteiger partial charge in [0, 0.05) is 5.56 Å². The molecule has 5 heteroatoms. The third kappa shape index (κ3) is 2.18. The van der Waals surface area contributed by atoms with Crippen LogP contribution in [0.15, 0.2) is 17.1 Å². The van der Waals surface area contributed by atoms with Crippen LogP contribution in [0.2, 0.25) is 0 Å². The lowest BCUT2D eigenvalue weighted by molar-refractivity contribution is 0.494. The van der Waals surface area contributed by atoms with Crippen LogP contribution in [-0.4, -0.2) is 5.96 Å². The number of hydrogen-bond acceptors (Lipinski definition) is 1. The molecule has 1 aromatic rings. The molecule has 4 N–H and O–H groups in total. The molecule has 0 radical (unpaired) electrons. The largest absolute Gasteiger partial charge is 0.370 e. The minimum atomic E-state index is -0.894. The molecular formula is C9H11F2N3. The number of nitrogens with zero attached hydrogens (tertiary/aromatic N) is 1. The molecule has 0 saturated carbocycles. The number of rotatable bonds is 2. The van der Waals surface area contributed by atoms with Crippen LogP contribution in [-0.2, 0) is 6.54 Å². The van der Waals surface area contributed by atoms with Crippen molar-refractivity contribution in [3.63, 3.8) is 0 Å². The fourth-order valence-electron chi connectivity index (χ4n) is 0.985. The van der Waals surface area contributed by atoms with Crippen molar-refractivity contribution in [2.45, 2.75) is 13.5 Å². The van der Waals surface area contributed by atoms with E-state index in [-0.39, 0.29) is 23.6 Å². The lowest BCUT2D eigenvalue weighted by atomic mass is 10.1. The van der Waals surface area contributed by atoms with Gasteiger partial charge in [0.25, 0.3) is 0 Å². The van der Waals surface area contributed by atoms with Gasteiger partial charge in [-0.15, -0.1) is 0 Å². The highest BCUT2D eigenvalue weighted by molar-refractivity contribution is 5.75. The molecule has 0 amide bonds. The Hall–Kier alpha value is -1.65. The molecule has 0 heterocycles. The molecule has 0 aliphatic carbocycles. The second-order valence-corrected chi connectivity index (χ2v) is 2.91. The third-order valence-electron chi connectivity index (χ3n) is 1.79. The van der Waals surface area contributed by atoms with Crippen LogP contribution in [0.4, 0.5) is 8.78 Å². The Bertz CT molecular complexity index is 371. The fourth-order valence-corrected chi connectivity index (χ4v) is 0.985. The predicted octanol–water partition coefficient (Wildman–Crippen LogP) is 1.05. The van der Waals surface area contributed by atoms with Gasteiger partial charge < -0.3 is 11.5 Å². The van der Waals surface area contributed by atoms with Gasteiger partial charge in [0.1, 0.15) is 0 Å². The molecule has 0 unspecified atom stereocenters. The van der Waals surface area contributed by atoms with E-state index in [0.717, 1.165) is 0 Å². The van der Waals surface area contributed by atoms with Crippen molar-refractivity contribution in [1.29, 1.82) is 0 Å². The maximum absolute atomic E-state index is 13.2. The van der Waals surface area contributed by atoms with Crippen molar-refractivity contribution in [2.24, 2.45) is 16.5 Å². The van der Waals surface area contributed by atoms with Gasteiger partial charge in [-0.05, 0) is 12.5 Å². The SMILES string of the molecule is Cc1ccc(CN=C(N)N)c(F)c1F. The average Bonchev–Trinajstić information content (AvgIpc) is 2.13. The molecule has 0 fully saturated rings. The Kier molecular flexibility index (Phi) is 3.01. The third-order valence-corrected chi connectivity index (χ3v) is 1.79. The molecule has 0 aromatic heterocycles. The predicted molar refractivity (Wildman–Crippen MR) is 50.6 cm³/mol. The Morgan fingerprint density at radius 2 is 1.93 bits per heavy atom. The molecule has 0 bridgehead atoms. The van der Waals surface area contributed by atoms with Gasteiger partial charge in [-0.3, -0.25) is 0 Å². The molecule has 0 saturated heterocycles. The molecule has 1 aromatic carbocycles. The van der Waals surface area contributed by atoms with Crippen molar-refractivity contribution in [1.82, 2.24) is 0 Å². The number of aliphatic imine (C=N–C) groups is 1. The van der Waals surface area contributed by atoms with E-state index in [1.54, 1.807) is 0 Å². The zero-order valence-corrected chi connectivity index (χ0v) is 7.72. The van der Waals surface area contributed by atoms with Gasteiger partial charge in [-0.2, -0.15) is 0 Å². The van der Waals surface area contributed by atoms with Gasteiger partial charge in [0.2, 0.25) is 0 Å². The summed E-state index contributed by atoms with van der Waals surface area (Å²) in [5.41, 5.74) is 10.5.